The number of thiazole rings is 1. The topological polar surface area (TPSA) is 125 Å². The summed E-state index contributed by atoms with van der Waals surface area (Å²) >= 11 is 1.41. The van der Waals surface area contributed by atoms with Crippen molar-refractivity contribution in [2.75, 3.05) is 32.1 Å². The van der Waals surface area contributed by atoms with Gasteiger partial charge in [-0.05, 0) is 62.6 Å². The lowest BCUT2D eigenvalue weighted by atomic mass is 10.0. The van der Waals surface area contributed by atoms with Gasteiger partial charge in [-0.2, -0.15) is 0 Å². The Kier molecular flexibility index (Phi) is 7.85. The summed E-state index contributed by atoms with van der Waals surface area (Å²) in [6, 6.07) is 7.88. The highest BCUT2D eigenvalue weighted by atomic mass is 32.1. The van der Waals surface area contributed by atoms with Crippen LogP contribution in [0.5, 0.6) is 0 Å². The first-order valence-electron chi connectivity index (χ1n) is 13.0. The van der Waals surface area contributed by atoms with Crippen LogP contribution in [-0.2, 0) is 16.9 Å². The van der Waals surface area contributed by atoms with Crippen molar-refractivity contribution in [2.24, 2.45) is 0 Å². The van der Waals surface area contributed by atoms with Gasteiger partial charge in [-0.15, -0.1) is 0 Å². The van der Waals surface area contributed by atoms with Crippen molar-refractivity contribution in [3.63, 3.8) is 0 Å². The Hall–Kier alpha value is -3.51. The molecular weight excluding hydrogens is 514 g/mol. The van der Waals surface area contributed by atoms with E-state index >= 15 is 0 Å². The molecule has 1 aliphatic rings. The molecule has 1 atom stereocenters. The van der Waals surface area contributed by atoms with Crippen molar-refractivity contribution in [2.45, 2.75) is 45.4 Å². The van der Waals surface area contributed by atoms with E-state index < -0.39 is 5.60 Å². The lowest BCUT2D eigenvalue weighted by Gasteiger charge is -2.16. The van der Waals surface area contributed by atoms with Crippen LogP contribution < -0.4 is 10.6 Å². The van der Waals surface area contributed by atoms with E-state index in [1.165, 1.54) is 16.9 Å². The van der Waals surface area contributed by atoms with Crippen molar-refractivity contribution in [3.05, 3.63) is 54.2 Å². The van der Waals surface area contributed by atoms with Crippen LogP contribution in [0.25, 0.3) is 32.6 Å². The molecular formula is C28H33N7O3S. The Bertz CT molecular complexity index is 1470. The summed E-state index contributed by atoms with van der Waals surface area (Å²) in [5.41, 5.74) is 4.16. The molecule has 11 heteroatoms. The molecule has 4 heterocycles. The molecule has 0 saturated carbocycles. The Balaban J connectivity index is 1.54. The third-order valence-corrected chi connectivity index (χ3v) is 7.67. The Morgan fingerprint density at radius 1 is 1.21 bits per heavy atom. The normalized spacial score (nSPS) is 16.1. The number of aliphatic hydroxyl groups is 1. The summed E-state index contributed by atoms with van der Waals surface area (Å²) in [7, 11) is 1.77. The quantitative estimate of drug-likeness (QED) is 0.296. The smallest absolute Gasteiger partial charge is 0.321 e. The average Bonchev–Trinajstić information content (AvgIpc) is 3.54. The third kappa shape index (κ3) is 6.22. The molecule has 204 valence electrons. The lowest BCUT2D eigenvalue weighted by Crippen LogP contribution is -2.28. The van der Waals surface area contributed by atoms with Gasteiger partial charge < -0.3 is 15.2 Å². The van der Waals surface area contributed by atoms with E-state index in [0.29, 0.717) is 17.5 Å². The number of nitrogens with one attached hydrogen (secondary N) is 2. The first-order chi connectivity index (χ1) is 18.7. The maximum Gasteiger partial charge on any atom is 0.321 e. The molecule has 0 aliphatic carbocycles. The van der Waals surface area contributed by atoms with Crippen molar-refractivity contribution in [1.82, 2.24) is 30.2 Å². The predicted molar refractivity (Wildman–Crippen MR) is 153 cm³/mol. The van der Waals surface area contributed by atoms with Crippen LogP contribution in [0.4, 0.5) is 9.93 Å². The van der Waals surface area contributed by atoms with Gasteiger partial charge in [0, 0.05) is 63.0 Å². The van der Waals surface area contributed by atoms with Gasteiger partial charge >= 0.3 is 6.03 Å². The summed E-state index contributed by atoms with van der Waals surface area (Å²) < 4.78 is 6.45. The Morgan fingerprint density at radius 3 is 2.69 bits per heavy atom. The molecule has 1 aromatic carbocycles. The number of likely N-dealkylation sites (tertiary alicyclic amines) is 1. The van der Waals surface area contributed by atoms with Gasteiger partial charge in [0.1, 0.15) is 5.60 Å². The highest BCUT2D eigenvalue weighted by Crippen LogP contribution is 2.38. The molecule has 3 aromatic heterocycles. The molecule has 1 aliphatic heterocycles. The minimum atomic E-state index is -1.13. The van der Waals surface area contributed by atoms with Gasteiger partial charge in [-0.1, -0.05) is 11.3 Å². The fourth-order valence-corrected chi connectivity index (χ4v) is 5.61. The van der Waals surface area contributed by atoms with Crippen LogP contribution in [0.3, 0.4) is 0 Å². The number of methoxy groups -OCH3 is 1. The second-order valence-corrected chi connectivity index (χ2v) is 11.2. The number of urea groups is 1. The number of hydrogen-bond donors (Lipinski definition) is 3. The standard InChI is InChI=1S/C28H33N7O3S/c1-5-29-26(36)34-27-33-23-12-18(19-13-31-25(32-14-19)28(2,3)37)11-21(24(23)39-27)22-10-17(6-8-30-22)15-35-9-7-20(16-35)38-4/h6,8,10-14,20,37H,5,7,9,15-16H2,1-4H3,(H2,29,33,34,36)/t20-/m1/s1. The second kappa shape index (κ2) is 11.3. The average molecular weight is 548 g/mol. The zero-order chi connectivity index (χ0) is 27.6. The van der Waals surface area contributed by atoms with E-state index in [1.807, 2.05) is 25.3 Å². The van der Waals surface area contributed by atoms with Crippen molar-refractivity contribution >= 4 is 32.7 Å². The van der Waals surface area contributed by atoms with Crippen molar-refractivity contribution in [1.29, 1.82) is 0 Å². The first kappa shape index (κ1) is 27.1. The van der Waals surface area contributed by atoms with E-state index in [0.717, 1.165) is 58.7 Å². The number of amides is 2. The highest BCUT2D eigenvalue weighted by molar-refractivity contribution is 7.22. The van der Waals surface area contributed by atoms with Crippen LogP contribution in [0, 0.1) is 0 Å². The molecule has 1 fully saturated rings. The van der Waals surface area contributed by atoms with Crippen LogP contribution in [-0.4, -0.2) is 68.8 Å². The van der Waals surface area contributed by atoms with Crippen molar-refractivity contribution in [3.8, 4) is 22.4 Å². The van der Waals surface area contributed by atoms with Gasteiger partial charge in [0.25, 0.3) is 0 Å². The molecule has 0 radical (unpaired) electrons. The maximum absolute atomic E-state index is 12.2. The van der Waals surface area contributed by atoms with Gasteiger partial charge in [0.2, 0.25) is 0 Å². The van der Waals surface area contributed by atoms with E-state index in [2.05, 4.69) is 37.6 Å². The van der Waals surface area contributed by atoms with Crippen LogP contribution in [0.15, 0.2) is 42.9 Å². The van der Waals surface area contributed by atoms with E-state index in [-0.39, 0.29) is 12.1 Å². The largest absolute Gasteiger partial charge is 0.382 e. The Labute approximate surface area is 231 Å². The number of fused-ring (bicyclic) bond motifs is 1. The number of rotatable bonds is 8. The van der Waals surface area contributed by atoms with Gasteiger partial charge in [0.05, 0.1) is 22.0 Å². The van der Waals surface area contributed by atoms with Crippen LogP contribution >= 0.6 is 11.3 Å². The number of benzene rings is 1. The summed E-state index contributed by atoms with van der Waals surface area (Å²) in [5.74, 6) is 0.349. The number of carbonyl (C=O) groups is 1. The Morgan fingerprint density at radius 2 is 2.00 bits per heavy atom. The summed E-state index contributed by atoms with van der Waals surface area (Å²) in [6.07, 6.45) is 6.56. The molecule has 4 aromatic rings. The summed E-state index contributed by atoms with van der Waals surface area (Å²) in [4.78, 5) is 32.8. The molecule has 0 unspecified atom stereocenters. The minimum absolute atomic E-state index is 0.278. The molecule has 0 bridgehead atoms. The van der Waals surface area contributed by atoms with Gasteiger partial charge in [0.15, 0.2) is 11.0 Å². The number of anilines is 1. The molecule has 1 saturated heterocycles. The minimum Gasteiger partial charge on any atom is -0.382 e. The third-order valence-electron chi connectivity index (χ3n) is 6.65. The maximum atomic E-state index is 12.2. The monoisotopic (exact) mass is 547 g/mol. The molecule has 3 N–H and O–H groups in total. The van der Waals surface area contributed by atoms with E-state index in [1.54, 1.807) is 33.4 Å². The zero-order valence-electron chi connectivity index (χ0n) is 22.6. The number of hydrogen-bond acceptors (Lipinski definition) is 9. The first-order valence-corrected chi connectivity index (χ1v) is 13.8. The molecule has 5 rings (SSSR count). The zero-order valence-corrected chi connectivity index (χ0v) is 23.4. The highest BCUT2D eigenvalue weighted by Gasteiger charge is 2.23. The molecule has 0 spiro atoms. The van der Waals surface area contributed by atoms with Gasteiger partial charge in [-0.3, -0.25) is 15.2 Å². The van der Waals surface area contributed by atoms with E-state index in [9.17, 15) is 9.90 Å². The fourth-order valence-electron chi connectivity index (χ4n) is 4.65. The summed E-state index contributed by atoms with van der Waals surface area (Å²) in [5, 5.41) is 16.3. The second-order valence-electron chi connectivity index (χ2n) is 10.2. The van der Waals surface area contributed by atoms with Crippen LogP contribution in [0.1, 0.15) is 38.6 Å². The molecule has 2 amide bonds. The molecule has 39 heavy (non-hydrogen) atoms. The number of pyridine rings is 1. The summed E-state index contributed by atoms with van der Waals surface area (Å²) in [6.45, 7) is 8.42. The number of ether oxygens (including phenoxy) is 1. The number of aromatic nitrogens is 4. The van der Waals surface area contributed by atoms with E-state index in [4.69, 9.17) is 14.7 Å². The lowest BCUT2D eigenvalue weighted by molar-refractivity contribution is 0.0687. The number of nitrogens with zero attached hydrogens (tertiary/aromatic N) is 5. The fraction of sp³-hybridized carbons (Fsp3) is 0.393. The number of carbonyl (C=O) groups excluding carboxylic acids is 1. The van der Waals surface area contributed by atoms with Gasteiger partial charge in [-0.25, -0.2) is 19.7 Å². The predicted octanol–water partition coefficient (Wildman–Crippen LogP) is 4.40. The van der Waals surface area contributed by atoms with Crippen LogP contribution in [0.2, 0.25) is 0 Å². The molecule has 10 nitrogen and oxygen atoms in total. The SMILES string of the molecule is CCNC(=O)Nc1nc2cc(-c3cnc(C(C)(C)O)nc3)cc(-c3cc(CN4CC[C@@H](OC)C4)ccn3)c2s1. The van der Waals surface area contributed by atoms with Crippen molar-refractivity contribution < 1.29 is 14.6 Å².